The summed E-state index contributed by atoms with van der Waals surface area (Å²) in [6.07, 6.45) is 2.64. The Hall–Kier alpha value is -3.27. The smallest absolute Gasteiger partial charge is 0.256 e. The van der Waals surface area contributed by atoms with Crippen molar-refractivity contribution in [2.24, 2.45) is 0 Å². The summed E-state index contributed by atoms with van der Waals surface area (Å²) in [4.78, 5) is 16.4. The van der Waals surface area contributed by atoms with E-state index < -0.39 is 6.10 Å². The second-order valence-electron chi connectivity index (χ2n) is 5.89. The molecule has 27 heavy (non-hydrogen) atoms. The number of H-pyrrole nitrogens is 1. The molecule has 0 saturated carbocycles. The zero-order valence-electron chi connectivity index (χ0n) is 14.4. The quantitative estimate of drug-likeness (QED) is 0.482. The van der Waals surface area contributed by atoms with Gasteiger partial charge in [0.15, 0.2) is 0 Å². The molecule has 1 aliphatic rings. The van der Waals surface area contributed by atoms with Gasteiger partial charge in [-0.1, -0.05) is 24.0 Å². The van der Waals surface area contributed by atoms with Gasteiger partial charge in [0.2, 0.25) is 0 Å². The lowest BCUT2D eigenvalue weighted by molar-refractivity contribution is -0.110. The Balaban J connectivity index is 1.76. The van der Waals surface area contributed by atoms with Crippen LogP contribution in [0.4, 0.5) is 5.69 Å². The number of nitrogens with one attached hydrogen (secondary N) is 2. The Labute approximate surface area is 160 Å². The molecule has 6 heteroatoms. The average Bonchev–Trinajstić information content (AvgIpc) is 3.40. The Kier molecular flexibility index (Phi) is 4.55. The van der Waals surface area contributed by atoms with E-state index in [0.29, 0.717) is 28.3 Å². The maximum absolute atomic E-state index is 12.5. The minimum atomic E-state index is -0.859. The van der Waals surface area contributed by atoms with Crippen LogP contribution < -0.4 is 10.1 Å². The summed E-state index contributed by atoms with van der Waals surface area (Å²) in [6, 6.07) is 11.0. The van der Waals surface area contributed by atoms with Crippen molar-refractivity contribution in [1.82, 2.24) is 4.98 Å². The van der Waals surface area contributed by atoms with Crippen molar-refractivity contribution in [1.29, 1.82) is 0 Å². The van der Waals surface area contributed by atoms with E-state index in [2.05, 4.69) is 22.1 Å². The monoisotopic (exact) mass is 376 g/mol. The standard InChI is InChI=1S/C21H16N2O3S/c1-26-18-9-10-22-16(18)12-14-20-13(4-2-5-15(20)23-21(14)25)7-8-17(24)19-6-3-11-27-19/h2-6,9-12,17,22,24H,1H3,(H,23,25). The molecule has 1 atom stereocenters. The normalized spacial score (nSPS) is 15.0. The maximum atomic E-state index is 12.5. The fourth-order valence-electron chi connectivity index (χ4n) is 2.96. The highest BCUT2D eigenvalue weighted by Gasteiger charge is 2.27. The molecule has 0 bridgehead atoms. The summed E-state index contributed by atoms with van der Waals surface area (Å²) >= 11 is 1.45. The van der Waals surface area contributed by atoms with E-state index >= 15 is 0 Å². The lowest BCUT2D eigenvalue weighted by Gasteiger charge is -2.04. The molecule has 1 unspecified atom stereocenters. The third-order valence-electron chi connectivity index (χ3n) is 4.23. The SMILES string of the molecule is COc1cc[nH]c1C=C1C(=O)Nc2cccc(C#CC(O)c3cccs3)c21. The minimum absolute atomic E-state index is 0.199. The van der Waals surface area contributed by atoms with E-state index in [9.17, 15) is 9.90 Å². The highest BCUT2D eigenvalue weighted by Crippen LogP contribution is 2.36. The summed E-state index contributed by atoms with van der Waals surface area (Å²) in [5.41, 5.74) is 3.32. The Morgan fingerprint density at radius 3 is 2.93 bits per heavy atom. The van der Waals surface area contributed by atoms with Gasteiger partial charge in [-0.2, -0.15) is 0 Å². The molecule has 3 N–H and O–H groups in total. The van der Waals surface area contributed by atoms with Crippen LogP contribution in [0.15, 0.2) is 48.0 Å². The third-order valence-corrected chi connectivity index (χ3v) is 5.16. The van der Waals surface area contributed by atoms with Crippen LogP contribution in [0.1, 0.15) is 27.8 Å². The van der Waals surface area contributed by atoms with Crippen LogP contribution in [-0.4, -0.2) is 23.1 Å². The topological polar surface area (TPSA) is 74.4 Å². The number of aromatic amines is 1. The summed E-state index contributed by atoms with van der Waals surface area (Å²) in [5.74, 6) is 6.34. The number of benzene rings is 1. The molecule has 0 fully saturated rings. The number of aliphatic hydroxyl groups is 1. The second kappa shape index (κ2) is 7.16. The molecule has 4 rings (SSSR count). The highest BCUT2D eigenvalue weighted by atomic mass is 32.1. The summed E-state index contributed by atoms with van der Waals surface area (Å²) in [5, 5.41) is 15.0. The molecular formula is C21H16N2O3S. The molecular weight excluding hydrogens is 360 g/mol. The number of hydrogen-bond donors (Lipinski definition) is 3. The lowest BCUT2D eigenvalue weighted by Crippen LogP contribution is -2.03. The van der Waals surface area contributed by atoms with E-state index in [0.717, 1.165) is 10.4 Å². The first kappa shape index (κ1) is 17.2. The number of hydrogen-bond acceptors (Lipinski definition) is 4. The molecule has 1 aromatic carbocycles. The molecule has 0 saturated heterocycles. The van der Waals surface area contributed by atoms with E-state index in [1.54, 1.807) is 25.4 Å². The van der Waals surface area contributed by atoms with Crippen LogP contribution in [-0.2, 0) is 4.79 Å². The van der Waals surface area contributed by atoms with Crippen LogP contribution in [0, 0.1) is 11.8 Å². The van der Waals surface area contributed by atoms with Crippen molar-refractivity contribution >= 4 is 34.6 Å². The second-order valence-corrected chi connectivity index (χ2v) is 6.87. The Morgan fingerprint density at radius 1 is 1.26 bits per heavy atom. The molecule has 1 amide bonds. The highest BCUT2D eigenvalue weighted by molar-refractivity contribution is 7.10. The van der Waals surface area contributed by atoms with E-state index in [1.807, 2.05) is 35.7 Å². The molecule has 5 nitrogen and oxygen atoms in total. The zero-order chi connectivity index (χ0) is 18.8. The lowest BCUT2D eigenvalue weighted by atomic mass is 9.99. The van der Waals surface area contributed by atoms with Gasteiger partial charge >= 0.3 is 0 Å². The largest absolute Gasteiger partial charge is 0.495 e. The van der Waals surface area contributed by atoms with E-state index in [4.69, 9.17) is 4.74 Å². The van der Waals surface area contributed by atoms with Crippen LogP contribution in [0.3, 0.4) is 0 Å². The number of carbonyl (C=O) groups excluding carboxylic acids is 1. The van der Waals surface area contributed by atoms with Gasteiger partial charge in [-0.15, -0.1) is 11.3 Å². The first-order chi connectivity index (χ1) is 13.2. The van der Waals surface area contributed by atoms with Crippen molar-refractivity contribution in [3.63, 3.8) is 0 Å². The summed E-state index contributed by atoms with van der Waals surface area (Å²) in [6.45, 7) is 0. The molecule has 1 aliphatic heterocycles. The predicted molar refractivity (Wildman–Crippen MR) is 106 cm³/mol. The fraction of sp³-hybridized carbons (Fsp3) is 0.0952. The first-order valence-corrected chi connectivity index (χ1v) is 9.16. The number of aromatic nitrogens is 1. The van der Waals surface area contributed by atoms with Crippen molar-refractivity contribution in [3.8, 4) is 17.6 Å². The summed E-state index contributed by atoms with van der Waals surface area (Å²) in [7, 11) is 1.58. The van der Waals surface area contributed by atoms with E-state index in [-0.39, 0.29) is 5.91 Å². The van der Waals surface area contributed by atoms with Gasteiger partial charge in [-0.05, 0) is 35.7 Å². The van der Waals surface area contributed by atoms with Gasteiger partial charge in [0.25, 0.3) is 5.91 Å². The summed E-state index contributed by atoms with van der Waals surface area (Å²) < 4.78 is 5.30. The number of carbonyl (C=O) groups is 1. The number of anilines is 1. The first-order valence-electron chi connectivity index (χ1n) is 8.28. The fourth-order valence-corrected chi connectivity index (χ4v) is 3.62. The van der Waals surface area contributed by atoms with Gasteiger partial charge in [0.1, 0.15) is 11.9 Å². The molecule has 3 aromatic rings. The van der Waals surface area contributed by atoms with Crippen LogP contribution in [0.5, 0.6) is 5.75 Å². The number of fused-ring (bicyclic) bond motifs is 1. The van der Waals surface area contributed by atoms with Gasteiger partial charge < -0.3 is 20.1 Å². The van der Waals surface area contributed by atoms with Crippen LogP contribution in [0.2, 0.25) is 0 Å². The average molecular weight is 376 g/mol. The third kappa shape index (κ3) is 3.26. The Bertz CT molecular complexity index is 1080. The Morgan fingerprint density at radius 2 is 2.15 bits per heavy atom. The minimum Gasteiger partial charge on any atom is -0.495 e. The number of aliphatic hydroxyl groups excluding tert-OH is 1. The number of amides is 1. The zero-order valence-corrected chi connectivity index (χ0v) is 15.3. The molecule has 0 spiro atoms. The number of rotatable bonds is 3. The van der Waals surface area contributed by atoms with Crippen LogP contribution in [0.25, 0.3) is 11.6 Å². The van der Waals surface area contributed by atoms with Gasteiger partial charge in [-0.25, -0.2) is 0 Å². The van der Waals surface area contributed by atoms with Crippen LogP contribution >= 0.6 is 11.3 Å². The molecule has 134 valence electrons. The molecule has 3 heterocycles. The van der Waals surface area contributed by atoms with Gasteiger partial charge in [0, 0.05) is 22.2 Å². The number of methoxy groups -OCH3 is 1. The van der Waals surface area contributed by atoms with Crippen molar-refractivity contribution in [3.05, 3.63) is 69.7 Å². The molecule has 0 radical (unpaired) electrons. The van der Waals surface area contributed by atoms with Gasteiger partial charge in [0.05, 0.1) is 24.1 Å². The number of thiophene rings is 1. The predicted octanol–water partition coefficient (Wildman–Crippen LogP) is 3.66. The number of ether oxygens (including phenoxy) is 1. The maximum Gasteiger partial charge on any atom is 0.256 e. The van der Waals surface area contributed by atoms with E-state index in [1.165, 1.54) is 11.3 Å². The van der Waals surface area contributed by atoms with Crippen molar-refractivity contribution in [2.75, 3.05) is 12.4 Å². The van der Waals surface area contributed by atoms with Gasteiger partial charge in [-0.3, -0.25) is 4.79 Å². The van der Waals surface area contributed by atoms with Crippen molar-refractivity contribution in [2.45, 2.75) is 6.10 Å². The van der Waals surface area contributed by atoms with Crippen molar-refractivity contribution < 1.29 is 14.6 Å². The molecule has 2 aromatic heterocycles. The molecule has 0 aliphatic carbocycles.